The fraction of sp³-hybridized carbons (Fsp3) is 0.278. The molecule has 0 aliphatic heterocycles. The molecule has 0 saturated carbocycles. The number of nitrogens with zero attached hydrogens (tertiary/aromatic N) is 5. The molecule has 0 unspecified atom stereocenters. The van der Waals surface area contributed by atoms with Gasteiger partial charge in [-0.15, -0.1) is 5.10 Å². The third-order valence-corrected chi connectivity index (χ3v) is 4.49. The molecule has 1 N–H and O–H groups in total. The van der Waals surface area contributed by atoms with E-state index < -0.39 is 5.91 Å². The zero-order valence-corrected chi connectivity index (χ0v) is 17.0. The highest BCUT2D eigenvalue weighted by Crippen LogP contribution is 2.20. The Labute approximate surface area is 164 Å². The lowest BCUT2D eigenvalue weighted by Crippen LogP contribution is -2.35. The van der Waals surface area contributed by atoms with E-state index in [1.807, 2.05) is 39.0 Å². The number of aromatic nitrogens is 4. The Bertz CT molecular complexity index is 1050. The van der Waals surface area contributed by atoms with Crippen molar-refractivity contribution in [3.05, 3.63) is 51.5 Å². The van der Waals surface area contributed by atoms with E-state index in [4.69, 9.17) is 0 Å². The van der Waals surface area contributed by atoms with Gasteiger partial charge in [-0.05, 0) is 50.6 Å². The zero-order chi connectivity index (χ0) is 19.7. The summed E-state index contributed by atoms with van der Waals surface area (Å²) in [5.74, 6) is -0.379. The molecule has 3 rings (SSSR count). The van der Waals surface area contributed by atoms with Gasteiger partial charge in [0.25, 0.3) is 11.7 Å². The van der Waals surface area contributed by atoms with Gasteiger partial charge < -0.3 is 10.2 Å². The van der Waals surface area contributed by atoms with Crippen molar-refractivity contribution in [2.24, 2.45) is 0 Å². The van der Waals surface area contributed by atoms with Crippen LogP contribution in [0.3, 0.4) is 0 Å². The minimum absolute atomic E-state index is 0.00585. The normalized spacial score (nSPS) is 10.9. The molecule has 27 heavy (non-hydrogen) atoms. The van der Waals surface area contributed by atoms with Crippen LogP contribution in [0.4, 0.5) is 5.69 Å². The van der Waals surface area contributed by atoms with E-state index in [2.05, 4.69) is 36.3 Å². The third-order valence-electron chi connectivity index (χ3n) is 4.00. The number of aryl methyl sites for hydroxylation is 3. The fourth-order valence-electron chi connectivity index (χ4n) is 2.67. The van der Waals surface area contributed by atoms with Crippen LogP contribution in [0.5, 0.6) is 0 Å². The first-order valence-corrected chi connectivity index (χ1v) is 9.06. The summed E-state index contributed by atoms with van der Waals surface area (Å²) >= 11 is 3.39. The third kappa shape index (κ3) is 4.13. The topological polar surface area (TPSA) is 92.5 Å². The lowest BCUT2D eigenvalue weighted by atomic mass is 10.2. The number of hydrogen-bond donors (Lipinski definition) is 1. The first-order valence-electron chi connectivity index (χ1n) is 8.27. The average Bonchev–Trinajstić information content (AvgIpc) is 3.01. The van der Waals surface area contributed by atoms with Crippen molar-refractivity contribution in [1.29, 1.82) is 0 Å². The highest BCUT2D eigenvalue weighted by atomic mass is 79.9. The smallest absolute Gasteiger partial charge is 0.293 e. The van der Waals surface area contributed by atoms with Crippen molar-refractivity contribution in [1.82, 2.24) is 24.5 Å². The number of fused-ring (bicyclic) bond motifs is 1. The van der Waals surface area contributed by atoms with Crippen molar-refractivity contribution in [2.45, 2.75) is 20.8 Å². The number of carbonyl (C=O) groups is 2. The highest BCUT2D eigenvalue weighted by molar-refractivity contribution is 9.10. The molecule has 2 amide bonds. The van der Waals surface area contributed by atoms with E-state index in [-0.39, 0.29) is 18.3 Å². The molecular formula is C18H19BrN6O2. The van der Waals surface area contributed by atoms with Gasteiger partial charge in [-0.25, -0.2) is 9.50 Å². The van der Waals surface area contributed by atoms with Crippen molar-refractivity contribution < 1.29 is 9.59 Å². The predicted octanol–water partition coefficient (Wildman–Crippen LogP) is 2.52. The van der Waals surface area contributed by atoms with Gasteiger partial charge in [-0.2, -0.15) is 4.98 Å². The van der Waals surface area contributed by atoms with Gasteiger partial charge in [0.05, 0.1) is 6.54 Å². The van der Waals surface area contributed by atoms with Crippen LogP contribution in [-0.4, -0.2) is 49.9 Å². The number of hydrogen-bond acceptors (Lipinski definition) is 5. The minimum atomic E-state index is -0.444. The van der Waals surface area contributed by atoms with E-state index in [9.17, 15) is 9.59 Å². The molecule has 2 heterocycles. The number of nitrogens with one attached hydrogen (secondary N) is 1. The molecule has 0 atom stereocenters. The average molecular weight is 431 g/mol. The number of anilines is 1. The number of likely N-dealkylation sites (N-methyl/N-ethyl adjacent to an activating group) is 1. The van der Waals surface area contributed by atoms with Gasteiger partial charge in [-0.1, -0.05) is 15.9 Å². The molecule has 1 aromatic carbocycles. The summed E-state index contributed by atoms with van der Waals surface area (Å²) in [6.45, 7) is 5.49. The summed E-state index contributed by atoms with van der Waals surface area (Å²) in [4.78, 5) is 34.6. The second-order valence-electron chi connectivity index (χ2n) is 6.35. The Kier molecular flexibility index (Phi) is 5.22. The van der Waals surface area contributed by atoms with E-state index in [1.165, 1.54) is 16.5 Å². The lowest BCUT2D eigenvalue weighted by molar-refractivity contribution is -0.116. The van der Waals surface area contributed by atoms with Gasteiger partial charge in [0.2, 0.25) is 11.7 Å². The summed E-state index contributed by atoms with van der Waals surface area (Å²) < 4.78 is 2.45. The van der Waals surface area contributed by atoms with Crippen molar-refractivity contribution in [2.75, 3.05) is 18.9 Å². The molecule has 0 aliphatic rings. The van der Waals surface area contributed by atoms with Gasteiger partial charge >= 0.3 is 0 Å². The summed E-state index contributed by atoms with van der Waals surface area (Å²) in [5.41, 5.74) is 3.25. The fourth-order valence-corrected chi connectivity index (χ4v) is 3.15. The van der Waals surface area contributed by atoms with E-state index in [0.717, 1.165) is 21.4 Å². The summed E-state index contributed by atoms with van der Waals surface area (Å²) in [7, 11) is 1.54. The van der Waals surface area contributed by atoms with E-state index in [1.54, 1.807) is 6.07 Å². The lowest BCUT2D eigenvalue weighted by Gasteiger charge is -2.15. The van der Waals surface area contributed by atoms with Crippen LogP contribution in [-0.2, 0) is 4.79 Å². The van der Waals surface area contributed by atoms with Crippen LogP contribution >= 0.6 is 15.9 Å². The largest absolute Gasteiger partial charge is 0.330 e. The molecule has 0 bridgehead atoms. The Hall–Kier alpha value is -2.81. The second-order valence-corrected chi connectivity index (χ2v) is 7.27. The monoisotopic (exact) mass is 430 g/mol. The van der Waals surface area contributed by atoms with Crippen LogP contribution in [0.2, 0.25) is 0 Å². The Morgan fingerprint density at radius 1 is 1.19 bits per heavy atom. The van der Waals surface area contributed by atoms with Gasteiger partial charge in [-0.3, -0.25) is 9.59 Å². The molecule has 0 aliphatic carbocycles. The van der Waals surface area contributed by atoms with Crippen molar-refractivity contribution in [3.63, 3.8) is 0 Å². The van der Waals surface area contributed by atoms with Crippen LogP contribution in [0.25, 0.3) is 5.78 Å². The predicted molar refractivity (Wildman–Crippen MR) is 105 cm³/mol. The molecule has 8 nitrogen and oxygen atoms in total. The highest BCUT2D eigenvalue weighted by Gasteiger charge is 2.21. The molecule has 0 fully saturated rings. The number of halogens is 1. The maximum absolute atomic E-state index is 12.6. The molecule has 0 radical (unpaired) electrons. The molecule has 3 aromatic rings. The Morgan fingerprint density at radius 2 is 1.93 bits per heavy atom. The second kappa shape index (κ2) is 7.43. The first kappa shape index (κ1) is 19.0. The molecule has 0 spiro atoms. The van der Waals surface area contributed by atoms with E-state index >= 15 is 0 Å². The van der Waals surface area contributed by atoms with Crippen LogP contribution < -0.4 is 5.32 Å². The molecule has 9 heteroatoms. The summed E-state index contributed by atoms with van der Waals surface area (Å²) in [6, 6.07) is 7.41. The van der Waals surface area contributed by atoms with Gasteiger partial charge in [0.15, 0.2) is 0 Å². The molecule has 2 aromatic heterocycles. The number of carbonyl (C=O) groups excluding carboxylic acids is 2. The van der Waals surface area contributed by atoms with Gasteiger partial charge in [0, 0.05) is 28.6 Å². The number of benzene rings is 1. The maximum atomic E-state index is 12.6. The van der Waals surface area contributed by atoms with Crippen molar-refractivity contribution >= 4 is 39.2 Å². The van der Waals surface area contributed by atoms with Crippen LogP contribution in [0.15, 0.2) is 28.7 Å². The Morgan fingerprint density at radius 3 is 2.63 bits per heavy atom. The SMILES string of the molecule is Cc1cc(C)n2nc(C(=O)N(C)CC(=O)Nc3ccc(Br)cc3C)nc2n1. The van der Waals surface area contributed by atoms with Crippen LogP contribution in [0, 0.1) is 20.8 Å². The molecular weight excluding hydrogens is 412 g/mol. The first-order chi connectivity index (χ1) is 12.7. The van der Waals surface area contributed by atoms with E-state index in [0.29, 0.717) is 11.5 Å². The zero-order valence-electron chi connectivity index (χ0n) is 15.4. The Balaban J connectivity index is 1.72. The summed E-state index contributed by atoms with van der Waals surface area (Å²) in [5, 5.41) is 7.01. The quantitative estimate of drug-likeness (QED) is 0.686. The number of rotatable bonds is 4. The standard InChI is InChI=1S/C18H19BrN6O2/c1-10-7-13(19)5-6-14(10)21-15(26)9-24(4)17(27)16-22-18-20-11(2)8-12(3)25(18)23-16/h5-8H,9H2,1-4H3,(H,21,26). The van der Waals surface area contributed by atoms with Crippen LogP contribution in [0.1, 0.15) is 27.6 Å². The number of amides is 2. The maximum Gasteiger partial charge on any atom is 0.293 e. The minimum Gasteiger partial charge on any atom is -0.330 e. The summed E-state index contributed by atoms with van der Waals surface area (Å²) in [6.07, 6.45) is 0. The van der Waals surface area contributed by atoms with Crippen molar-refractivity contribution in [3.8, 4) is 0 Å². The molecule has 140 valence electrons. The molecule has 0 saturated heterocycles. The van der Waals surface area contributed by atoms with Gasteiger partial charge in [0.1, 0.15) is 0 Å².